The van der Waals surface area contributed by atoms with Crippen molar-refractivity contribution in [1.29, 1.82) is 0 Å². The molecule has 3 rings (SSSR count). The minimum atomic E-state index is 0.0171. The Morgan fingerprint density at radius 2 is 1.62 bits per heavy atom. The van der Waals surface area contributed by atoms with Crippen LogP contribution < -0.4 is 4.74 Å². The Morgan fingerprint density at radius 1 is 0.905 bits per heavy atom. The molecule has 0 heterocycles. The summed E-state index contributed by atoms with van der Waals surface area (Å²) in [5.74, 6) is 0.654. The third-order valence-electron chi connectivity index (χ3n) is 3.53. The highest BCUT2D eigenvalue weighted by Gasteiger charge is 2.08. The minimum absolute atomic E-state index is 0.0171. The van der Waals surface area contributed by atoms with Crippen molar-refractivity contribution < 1.29 is 9.53 Å². The highest BCUT2D eigenvalue weighted by Crippen LogP contribution is 2.23. The fourth-order valence-corrected chi connectivity index (χ4v) is 2.46. The maximum atomic E-state index is 11.6. The highest BCUT2D eigenvalue weighted by atomic mass is 16.5. The molecule has 0 amide bonds. The predicted octanol–water partition coefficient (Wildman–Crippen LogP) is 4.62. The van der Waals surface area contributed by atoms with Crippen LogP contribution in [0, 0.1) is 0 Å². The first-order valence-corrected chi connectivity index (χ1v) is 6.95. The van der Waals surface area contributed by atoms with E-state index >= 15 is 0 Å². The number of carbonyl (C=O) groups is 1. The molecular weight excluding hydrogens is 260 g/mol. The zero-order valence-corrected chi connectivity index (χ0v) is 11.9. The average molecular weight is 276 g/mol. The van der Waals surface area contributed by atoms with E-state index in [1.54, 1.807) is 13.0 Å². The van der Waals surface area contributed by atoms with Crippen LogP contribution in [0.5, 0.6) is 5.75 Å². The molecule has 0 aliphatic carbocycles. The molecule has 0 spiro atoms. The lowest BCUT2D eigenvalue weighted by molar-refractivity contribution is 0.101. The fraction of sp³-hybridized carbons (Fsp3) is 0.105. The number of ether oxygens (including phenoxy) is 1. The molecule has 0 saturated heterocycles. The Labute approximate surface area is 124 Å². The molecule has 0 radical (unpaired) electrons. The zero-order chi connectivity index (χ0) is 14.7. The smallest absolute Gasteiger partial charge is 0.163 e. The maximum absolute atomic E-state index is 11.6. The van der Waals surface area contributed by atoms with E-state index in [0.29, 0.717) is 17.9 Å². The molecule has 0 aliphatic heterocycles. The van der Waals surface area contributed by atoms with E-state index in [0.717, 1.165) is 5.56 Å². The Bertz CT molecular complexity index is 785. The largest absolute Gasteiger partial charge is 0.488 e. The monoisotopic (exact) mass is 276 g/mol. The average Bonchev–Trinajstić information content (AvgIpc) is 2.53. The molecule has 104 valence electrons. The second-order valence-electron chi connectivity index (χ2n) is 4.98. The van der Waals surface area contributed by atoms with Crippen molar-refractivity contribution in [3.63, 3.8) is 0 Å². The van der Waals surface area contributed by atoms with Gasteiger partial charge in [0.25, 0.3) is 0 Å². The molecule has 2 heteroatoms. The Hall–Kier alpha value is -2.61. The van der Waals surface area contributed by atoms with Crippen LogP contribution in [0.15, 0.2) is 66.7 Å². The van der Waals surface area contributed by atoms with E-state index in [4.69, 9.17) is 4.74 Å². The van der Waals surface area contributed by atoms with Crippen molar-refractivity contribution in [2.75, 3.05) is 0 Å². The van der Waals surface area contributed by atoms with Crippen LogP contribution in [0.25, 0.3) is 10.8 Å². The van der Waals surface area contributed by atoms with E-state index < -0.39 is 0 Å². The molecule has 0 bridgehead atoms. The van der Waals surface area contributed by atoms with Crippen LogP contribution >= 0.6 is 0 Å². The third kappa shape index (κ3) is 2.79. The number of para-hydroxylation sites is 1. The van der Waals surface area contributed by atoms with E-state index in [1.807, 2.05) is 36.4 Å². The Kier molecular flexibility index (Phi) is 3.69. The van der Waals surface area contributed by atoms with Gasteiger partial charge in [0.05, 0.1) is 5.56 Å². The van der Waals surface area contributed by atoms with Gasteiger partial charge in [-0.25, -0.2) is 0 Å². The van der Waals surface area contributed by atoms with Crippen LogP contribution in [-0.4, -0.2) is 5.78 Å². The summed E-state index contributed by atoms with van der Waals surface area (Å²) in [6.07, 6.45) is 0. The van der Waals surface area contributed by atoms with Crippen molar-refractivity contribution in [3.05, 3.63) is 77.9 Å². The van der Waals surface area contributed by atoms with Gasteiger partial charge in [-0.05, 0) is 35.4 Å². The predicted molar refractivity (Wildman–Crippen MR) is 84.7 cm³/mol. The van der Waals surface area contributed by atoms with Crippen molar-refractivity contribution >= 4 is 16.6 Å². The van der Waals surface area contributed by atoms with Gasteiger partial charge in [-0.2, -0.15) is 0 Å². The number of Topliss-reactive ketones (excluding diaryl/α,β-unsaturated/α-hetero) is 1. The summed E-state index contributed by atoms with van der Waals surface area (Å²) < 4.78 is 5.87. The molecular formula is C19H16O2. The maximum Gasteiger partial charge on any atom is 0.163 e. The number of fused-ring (bicyclic) bond motifs is 1. The van der Waals surface area contributed by atoms with Gasteiger partial charge in [-0.3, -0.25) is 4.79 Å². The molecule has 3 aromatic rings. The number of ketones is 1. The molecule has 2 nitrogen and oxygen atoms in total. The van der Waals surface area contributed by atoms with Crippen LogP contribution in [0.4, 0.5) is 0 Å². The first-order valence-electron chi connectivity index (χ1n) is 6.95. The summed E-state index contributed by atoms with van der Waals surface area (Å²) in [6, 6.07) is 21.7. The first kappa shape index (κ1) is 13.4. The normalized spacial score (nSPS) is 10.5. The van der Waals surface area contributed by atoms with Crippen LogP contribution in [0.2, 0.25) is 0 Å². The number of hydrogen-bond donors (Lipinski definition) is 0. The summed E-state index contributed by atoms with van der Waals surface area (Å²) in [6.45, 7) is 2.01. The lowest BCUT2D eigenvalue weighted by atomic mass is 10.1. The van der Waals surface area contributed by atoms with Crippen molar-refractivity contribution in [2.24, 2.45) is 0 Å². The van der Waals surface area contributed by atoms with Crippen LogP contribution in [0.3, 0.4) is 0 Å². The molecule has 0 aromatic heterocycles. The molecule has 0 N–H and O–H groups in total. The summed E-state index contributed by atoms with van der Waals surface area (Å²) >= 11 is 0. The zero-order valence-electron chi connectivity index (χ0n) is 11.9. The molecule has 0 unspecified atom stereocenters. The summed E-state index contributed by atoms with van der Waals surface area (Å²) in [4.78, 5) is 11.6. The molecule has 0 fully saturated rings. The number of benzene rings is 3. The molecule has 0 saturated carbocycles. The highest BCUT2D eigenvalue weighted by molar-refractivity contribution is 5.96. The van der Waals surface area contributed by atoms with Crippen molar-refractivity contribution in [1.82, 2.24) is 0 Å². The van der Waals surface area contributed by atoms with Gasteiger partial charge in [0.1, 0.15) is 12.4 Å². The third-order valence-corrected chi connectivity index (χ3v) is 3.53. The second-order valence-corrected chi connectivity index (χ2v) is 4.98. The van der Waals surface area contributed by atoms with Gasteiger partial charge in [-0.15, -0.1) is 0 Å². The Balaban J connectivity index is 1.89. The molecule has 0 atom stereocenters. The SMILES string of the molecule is CC(=O)c1ccccc1OCc1cccc2ccccc12. The van der Waals surface area contributed by atoms with Gasteiger partial charge < -0.3 is 4.74 Å². The van der Waals surface area contributed by atoms with E-state index in [2.05, 4.69) is 24.3 Å². The first-order chi connectivity index (χ1) is 10.3. The fourth-order valence-electron chi connectivity index (χ4n) is 2.46. The summed E-state index contributed by atoms with van der Waals surface area (Å²) in [5, 5.41) is 2.37. The van der Waals surface area contributed by atoms with Gasteiger partial charge in [0.2, 0.25) is 0 Å². The molecule has 3 aromatic carbocycles. The van der Waals surface area contributed by atoms with E-state index in [1.165, 1.54) is 10.8 Å². The minimum Gasteiger partial charge on any atom is -0.488 e. The number of carbonyl (C=O) groups excluding carboxylic acids is 1. The quantitative estimate of drug-likeness (QED) is 0.650. The summed E-state index contributed by atoms with van der Waals surface area (Å²) in [5.41, 5.74) is 1.74. The van der Waals surface area contributed by atoms with Crippen molar-refractivity contribution in [3.8, 4) is 5.75 Å². The van der Waals surface area contributed by atoms with Crippen LogP contribution in [0.1, 0.15) is 22.8 Å². The van der Waals surface area contributed by atoms with Gasteiger partial charge >= 0.3 is 0 Å². The van der Waals surface area contributed by atoms with Crippen molar-refractivity contribution in [2.45, 2.75) is 13.5 Å². The topological polar surface area (TPSA) is 26.3 Å². The second kappa shape index (κ2) is 5.80. The van der Waals surface area contributed by atoms with E-state index in [-0.39, 0.29) is 5.78 Å². The lowest BCUT2D eigenvalue weighted by Crippen LogP contribution is -2.01. The molecule has 21 heavy (non-hydrogen) atoms. The molecule has 0 aliphatic rings. The van der Waals surface area contributed by atoms with Gasteiger partial charge in [-0.1, -0.05) is 54.6 Å². The van der Waals surface area contributed by atoms with E-state index in [9.17, 15) is 4.79 Å². The van der Waals surface area contributed by atoms with Gasteiger partial charge in [0.15, 0.2) is 5.78 Å². The number of hydrogen-bond acceptors (Lipinski definition) is 2. The Morgan fingerprint density at radius 3 is 2.48 bits per heavy atom. The summed E-state index contributed by atoms with van der Waals surface area (Å²) in [7, 11) is 0. The lowest BCUT2D eigenvalue weighted by Gasteiger charge is -2.11. The standard InChI is InChI=1S/C19H16O2/c1-14(20)17-10-4-5-12-19(17)21-13-16-9-6-8-15-7-2-3-11-18(15)16/h2-12H,13H2,1H3. The number of rotatable bonds is 4. The van der Waals surface area contributed by atoms with Gasteiger partial charge in [0, 0.05) is 0 Å². The van der Waals surface area contributed by atoms with Crippen LogP contribution in [-0.2, 0) is 6.61 Å².